The van der Waals surface area contributed by atoms with Gasteiger partial charge in [-0.15, -0.1) is 0 Å². The van der Waals surface area contributed by atoms with E-state index in [9.17, 15) is 35.4 Å². The lowest BCUT2D eigenvalue weighted by atomic mass is 9.41. The van der Waals surface area contributed by atoms with E-state index >= 15 is 0 Å². The van der Waals surface area contributed by atoms with Crippen LogP contribution in [-0.4, -0.2) is 86.1 Å². The number of hydrogen-bond donors (Lipinski definition) is 6. The molecule has 1 aliphatic heterocycles. The highest BCUT2D eigenvalue weighted by molar-refractivity contribution is 5.77. The molecule has 0 amide bonds. The van der Waals surface area contributed by atoms with Gasteiger partial charge in [0.2, 0.25) is 6.29 Å². The molecular formula is C26H42O9. The summed E-state index contributed by atoms with van der Waals surface area (Å²) in [5.41, 5.74) is -1.94. The number of fused-ring (bicyclic) bond motifs is 3. The fraction of sp³-hybridized carbons (Fsp3) is 0.962. The first-order chi connectivity index (χ1) is 16.4. The van der Waals surface area contributed by atoms with Gasteiger partial charge in [0, 0.05) is 0 Å². The lowest BCUT2D eigenvalue weighted by Crippen LogP contribution is -2.61. The van der Waals surface area contributed by atoms with Gasteiger partial charge in [-0.2, -0.15) is 0 Å². The second-order valence-corrected chi connectivity index (χ2v) is 12.8. The van der Waals surface area contributed by atoms with E-state index in [0.29, 0.717) is 18.8 Å². The van der Waals surface area contributed by atoms with Crippen LogP contribution in [0.3, 0.4) is 0 Å². The molecule has 0 radical (unpaired) electrons. The van der Waals surface area contributed by atoms with E-state index < -0.39 is 54.3 Å². The van der Waals surface area contributed by atoms with Gasteiger partial charge in [0.15, 0.2) is 0 Å². The summed E-state index contributed by atoms with van der Waals surface area (Å²) in [6, 6.07) is 0. The molecule has 6 N–H and O–H groups in total. The van der Waals surface area contributed by atoms with Crippen LogP contribution >= 0.6 is 0 Å². The highest BCUT2D eigenvalue weighted by Gasteiger charge is 2.68. The number of carbonyl (C=O) groups excluding carboxylic acids is 1. The van der Waals surface area contributed by atoms with Crippen LogP contribution in [0.25, 0.3) is 0 Å². The SMILES string of the molecule is C[C@@]12CCC[C@@](C)(C(=O)O[C@@H]3O[C@H](CO)[C@@H](O)[C@H](O)[C@H]3O)[C@H]1CC[C@@]13C[C@@H](CC[C@H]12)[C@](O)(CO)C3. The third-order valence-corrected chi connectivity index (χ3v) is 11.1. The molecule has 5 rings (SSSR count). The van der Waals surface area contributed by atoms with Gasteiger partial charge in [0.05, 0.1) is 24.2 Å². The van der Waals surface area contributed by atoms with E-state index in [4.69, 9.17) is 9.47 Å². The molecule has 5 fully saturated rings. The predicted molar refractivity (Wildman–Crippen MR) is 123 cm³/mol. The van der Waals surface area contributed by atoms with Gasteiger partial charge in [-0.05, 0) is 86.9 Å². The molecule has 12 atom stereocenters. The van der Waals surface area contributed by atoms with Crippen molar-refractivity contribution < 1.29 is 44.9 Å². The molecular weight excluding hydrogens is 456 g/mol. The van der Waals surface area contributed by atoms with E-state index in [1.54, 1.807) is 0 Å². The highest BCUT2D eigenvalue weighted by atomic mass is 16.7. The zero-order chi connectivity index (χ0) is 25.4. The van der Waals surface area contributed by atoms with Crippen LogP contribution in [0.15, 0.2) is 0 Å². The Bertz CT molecular complexity index is 836. The second-order valence-electron chi connectivity index (χ2n) is 12.8. The van der Waals surface area contributed by atoms with Gasteiger partial charge in [-0.1, -0.05) is 13.3 Å². The number of rotatable bonds is 4. The standard InChI is InChI=1S/C26H42O9/c1-23-7-3-8-24(2,22(32)35-21-20(31)19(30)18(29)15(11-27)34-21)16(23)6-9-25-10-14(4-5-17(23)25)26(33,12-25)13-28/h14-21,27-31,33H,3-13H2,1-2H3/t14-,15-,16+,17+,18-,19+,20-,21+,23-,24-,25+,26-/m1/s1. The smallest absolute Gasteiger partial charge is 0.314 e. The minimum atomic E-state index is -1.62. The summed E-state index contributed by atoms with van der Waals surface area (Å²) >= 11 is 0. The van der Waals surface area contributed by atoms with Crippen LogP contribution < -0.4 is 0 Å². The zero-order valence-corrected chi connectivity index (χ0v) is 20.8. The molecule has 9 heteroatoms. The Morgan fingerprint density at radius 1 is 0.971 bits per heavy atom. The maximum Gasteiger partial charge on any atom is 0.314 e. The summed E-state index contributed by atoms with van der Waals surface area (Å²) in [6.07, 6.45) is 0.327. The van der Waals surface area contributed by atoms with Gasteiger partial charge >= 0.3 is 5.97 Å². The summed E-state index contributed by atoms with van der Waals surface area (Å²) in [5, 5.41) is 61.1. The minimum Gasteiger partial charge on any atom is -0.432 e. The molecule has 1 heterocycles. The van der Waals surface area contributed by atoms with Crippen molar-refractivity contribution in [1.29, 1.82) is 0 Å². The molecule has 0 aromatic heterocycles. The average molecular weight is 499 g/mol. The van der Waals surface area contributed by atoms with Gasteiger partial charge in [-0.3, -0.25) is 4.79 Å². The molecule has 4 aliphatic carbocycles. The minimum absolute atomic E-state index is 0.00886. The molecule has 35 heavy (non-hydrogen) atoms. The third kappa shape index (κ3) is 3.64. The number of aliphatic hydroxyl groups is 6. The Kier molecular flexibility index (Phi) is 6.35. The molecule has 4 saturated carbocycles. The Morgan fingerprint density at radius 2 is 1.71 bits per heavy atom. The first-order valence-corrected chi connectivity index (χ1v) is 13.3. The molecule has 0 unspecified atom stereocenters. The Morgan fingerprint density at radius 3 is 2.40 bits per heavy atom. The number of ether oxygens (including phenoxy) is 2. The van der Waals surface area contributed by atoms with Crippen molar-refractivity contribution in [1.82, 2.24) is 0 Å². The van der Waals surface area contributed by atoms with Crippen molar-refractivity contribution >= 4 is 5.97 Å². The maximum atomic E-state index is 13.7. The number of carbonyl (C=O) groups is 1. The van der Waals surface area contributed by atoms with E-state index in [0.717, 1.165) is 44.9 Å². The largest absolute Gasteiger partial charge is 0.432 e. The normalized spacial score (nSPS) is 55.7. The van der Waals surface area contributed by atoms with Crippen LogP contribution in [0.5, 0.6) is 0 Å². The number of hydrogen-bond acceptors (Lipinski definition) is 9. The summed E-state index contributed by atoms with van der Waals surface area (Å²) < 4.78 is 11.1. The maximum absolute atomic E-state index is 13.7. The summed E-state index contributed by atoms with van der Waals surface area (Å²) in [4.78, 5) is 13.7. The Labute approximate surface area is 206 Å². The monoisotopic (exact) mass is 498 g/mol. The lowest BCUT2D eigenvalue weighted by molar-refractivity contribution is -0.298. The van der Waals surface area contributed by atoms with Crippen LogP contribution in [0, 0.1) is 34.0 Å². The summed E-state index contributed by atoms with van der Waals surface area (Å²) in [6.45, 7) is 3.44. The lowest BCUT2D eigenvalue weighted by Gasteiger charge is -2.63. The molecule has 2 bridgehead atoms. The van der Waals surface area contributed by atoms with Crippen LogP contribution in [0.4, 0.5) is 0 Å². The molecule has 1 spiro atoms. The zero-order valence-electron chi connectivity index (χ0n) is 20.8. The topological polar surface area (TPSA) is 157 Å². The molecule has 5 aliphatic rings. The van der Waals surface area contributed by atoms with E-state index in [1.165, 1.54) is 0 Å². The average Bonchev–Trinajstić information content (AvgIpc) is 3.04. The molecule has 0 aromatic carbocycles. The fourth-order valence-corrected chi connectivity index (χ4v) is 9.46. The molecule has 9 nitrogen and oxygen atoms in total. The predicted octanol–water partition coefficient (Wildman–Crippen LogP) is 0.466. The third-order valence-electron chi connectivity index (χ3n) is 11.1. The van der Waals surface area contributed by atoms with Gasteiger partial charge < -0.3 is 40.1 Å². The first kappa shape index (κ1) is 25.8. The van der Waals surface area contributed by atoms with Gasteiger partial charge in [0.1, 0.15) is 24.4 Å². The molecule has 0 aromatic rings. The van der Waals surface area contributed by atoms with Crippen LogP contribution in [-0.2, 0) is 14.3 Å². The second kappa shape index (κ2) is 8.61. The highest BCUT2D eigenvalue weighted by Crippen LogP contribution is 2.73. The first-order valence-electron chi connectivity index (χ1n) is 13.3. The Balaban J connectivity index is 1.38. The number of esters is 1. The van der Waals surface area contributed by atoms with Crippen molar-refractivity contribution in [2.75, 3.05) is 13.2 Å². The molecule has 200 valence electrons. The van der Waals surface area contributed by atoms with Crippen molar-refractivity contribution in [2.24, 2.45) is 34.0 Å². The van der Waals surface area contributed by atoms with Crippen LogP contribution in [0.2, 0.25) is 0 Å². The van der Waals surface area contributed by atoms with Crippen LogP contribution in [0.1, 0.15) is 71.6 Å². The quantitative estimate of drug-likeness (QED) is 0.303. The van der Waals surface area contributed by atoms with E-state index in [1.807, 2.05) is 6.92 Å². The van der Waals surface area contributed by atoms with Gasteiger partial charge in [0.25, 0.3) is 0 Å². The van der Waals surface area contributed by atoms with Crippen molar-refractivity contribution in [3.05, 3.63) is 0 Å². The summed E-state index contributed by atoms with van der Waals surface area (Å²) in [5.74, 6) is 0.0529. The Hall–Kier alpha value is -0.810. The van der Waals surface area contributed by atoms with Gasteiger partial charge in [-0.25, -0.2) is 0 Å². The molecule has 1 saturated heterocycles. The van der Waals surface area contributed by atoms with Crippen molar-refractivity contribution in [3.63, 3.8) is 0 Å². The van der Waals surface area contributed by atoms with Crippen molar-refractivity contribution in [2.45, 2.75) is 108 Å². The van der Waals surface area contributed by atoms with Crippen molar-refractivity contribution in [3.8, 4) is 0 Å². The number of aliphatic hydroxyl groups excluding tert-OH is 5. The van der Waals surface area contributed by atoms with E-state index in [2.05, 4.69) is 6.92 Å². The fourth-order valence-electron chi connectivity index (χ4n) is 9.46. The summed E-state index contributed by atoms with van der Waals surface area (Å²) in [7, 11) is 0. The van der Waals surface area contributed by atoms with E-state index in [-0.39, 0.29) is 29.3 Å².